The molecule has 1 N–H and O–H groups in total. The Kier molecular flexibility index (Phi) is 7.84. The molecule has 1 aliphatic heterocycles. The second kappa shape index (κ2) is 9.63. The number of piperidine rings is 1. The van der Waals surface area contributed by atoms with Gasteiger partial charge < -0.3 is 15.0 Å². The summed E-state index contributed by atoms with van der Waals surface area (Å²) in [6, 6.07) is 0. The van der Waals surface area contributed by atoms with E-state index in [1.165, 1.54) is 25.7 Å². The zero-order chi connectivity index (χ0) is 16.7. The molecule has 4 nitrogen and oxygen atoms in total. The van der Waals surface area contributed by atoms with Crippen molar-refractivity contribution in [3.05, 3.63) is 0 Å². The van der Waals surface area contributed by atoms with E-state index in [1.807, 2.05) is 18.9 Å². The van der Waals surface area contributed by atoms with E-state index in [-0.39, 0.29) is 5.91 Å². The number of nitrogens with zero attached hydrogens (tertiary/aromatic N) is 1. The Balaban J connectivity index is 1.56. The van der Waals surface area contributed by atoms with Gasteiger partial charge >= 0.3 is 0 Å². The molecule has 1 amide bonds. The number of amides is 1. The highest BCUT2D eigenvalue weighted by Crippen LogP contribution is 2.48. The largest absolute Gasteiger partial charge is 0.378 e. The van der Waals surface area contributed by atoms with Crippen molar-refractivity contribution >= 4 is 5.91 Å². The first kappa shape index (κ1) is 18.7. The minimum absolute atomic E-state index is 0.288. The lowest BCUT2D eigenvalue weighted by molar-refractivity contribution is -0.133. The van der Waals surface area contributed by atoms with Crippen LogP contribution in [-0.4, -0.2) is 50.2 Å². The predicted octanol–water partition coefficient (Wildman–Crippen LogP) is 3.07. The van der Waals surface area contributed by atoms with Crippen molar-refractivity contribution in [1.82, 2.24) is 10.2 Å². The fourth-order valence-corrected chi connectivity index (χ4v) is 4.11. The lowest BCUT2D eigenvalue weighted by Gasteiger charge is -2.31. The molecule has 134 valence electrons. The summed E-state index contributed by atoms with van der Waals surface area (Å²) in [4.78, 5) is 13.7. The van der Waals surface area contributed by atoms with Gasteiger partial charge in [0.2, 0.25) is 5.91 Å². The normalized spacial score (nSPS) is 26.3. The van der Waals surface area contributed by atoms with Crippen LogP contribution in [0.4, 0.5) is 0 Å². The number of ether oxygens (including phenoxy) is 1. The third-order valence-electron chi connectivity index (χ3n) is 5.81. The second-order valence-corrected chi connectivity index (χ2v) is 7.31. The first-order chi connectivity index (χ1) is 11.2. The summed E-state index contributed by atoms with van der Waals surface area (Å²) in [7, 11) is 2.05. The fraction of sp³-hybridized carbons (Fsp3) is 0.947. The molecule has 4 heteroatoms. The predicted molar refractivity (Wildman–Crippen MR) is 94.4 cm³/mol. The molecule has 1 aliphatic carbocycles. The first-order valence-corrected chi connectivity index (χ1v) is 9.73. The number of carbonyl (C=O) groups excluding carboxylic acids is 1. The molecule has 0 aromatic heterocycles. The number of hydrogen-bond donors (Lipinski definition) is 1. The van der Waals surface area contributed by atoms with Crippen molar-refractivity contribution in [2.24, 2.45) is 17.8 Å². The number of nitrogens with one attached hydrogen (secondary N) is 1. The Hall–Kier alpha value is -0.610. The van der Waals surface area contributed by atoms with Crippen molar-refractivity contribution in [2.45, 2.75) is 64.9 Å². The lowest BCUT2D eigenvalue weighted by atomic mass is 9.95. The van der Waals surface area contributed by atoms with Crippen LogP contribution in [0.25, 0.3) is 0 Å². The molecular weight excluding hydrogens is 288 g/mol. The summed E-state index contributed by atoms with van der Waals surface area (Å²) < 4.78 is 6.09. The Labute approximate surface area is 142 Å². The minimum Gasteiger partial charge on any atom is -0.378 e. The maximum Gasteiger partial charge on any atom is 0.222 e. The van der Waals surface area contributed by atoms with Crippen LogP contribution in [0.3, 0.4) is 0 Å². The number of carbonyl (C=O) groups is 1. The molecule has 3 atom stereocenters. The third kappa shape index (κ3) is 5.75. The van der Waals surface area contributed by atoms with E-state index in [1.54, 1.807) is 0 Å². The maximum absolute atomic E-state index is 11.7. The molecule has 1 unspecified atom stereocenters. The number of likely N-dealkylation sites (tertiary alicyclic amines) is 1. The standard InChI is InChI=1S/C19H36N2O2/c1-4-15(6-10-20-3)18-14-16(18)9-13-23-17-7-11-21(12-8-17)19(22)5-2/h15-18,20H,4-14H2,1-3H3/t15?,16-,18-/m1/s1. The van der Waals surface area contributed by atoms with Crippen LogP contribution >= 0.6 is 0 Å². The molecule has 0 aromatic carbocycles. The van der Waals surface area contributed by atoms with Crippen LogP contribution in [-0.2, 0) is 9.53 Å². The van der Waals surface area contributed by atoms with E-state index in [0.29, 0.717) is 12.5 Å². The highest BCUT2D eigenvalue weighted by atomic mass is 16.5. The van der Waals surface area contributed by atoms with Gasteiger partial charge in [0.1, 0.15) is 0 Å². The van der Waals surface area contributed by atoms with Crippen LogP contribution in [0.2, 0.25) is 0 Å². The molecule has 0 aromatic rings. The zero-order valence-corrected chi connectivity index (χ0v) is 15.4. The molecule has 2 fully saturated rings. The lowest BCUT2D eigenvalue weighted by Crippen LogP contribution is -2.40. The zero-order valence-electron chi connectivity index (χ0n) is 15.4. The van der Waals surface area contributed by atoms with Gasteiger partial charge in [-0.05, 0) is 63.5 Å². The number of hydrogen-bond acceptors (Lipinski definition) is 3. The summed E-state index contributed by atoms with van der Waals surface area (Å²) in [5.41, 5.74) is 0. The van der Waals surface area contributed by atoms with Gasteiger partial charge in [-0.15, -0.1) is 0 Å². The van der Waals surface area contributed by atoms with Crippen molar-refractivity contribution in [1.29, 1.82) is 0 Å². The molecular formula is C19H36N2O2. The van der Waals surface area contributed by atoms with Crippen LogP contribution in [0, 0.1) is 17.8 Å². The summed E-state index contributed by atoms with van der Waals surface area (Å²) >= 11 is 0. The molecule has 0 radical (unpaired) electrons. The first-order valence-electron chi connectivity index (χ1n) is 9.73. The summed E-state index contributed by atoms with van der Waals surface area (Å²) in [5.74, 6) is 3.03. The summed E-state index contributed by atoms with van der Waals surface area (Å²) in [6.07, 6.45) is 8.30. The van der Waals surface area contributed by atoms with Crippen LogP contribution in [0.5, 0.6) is 0 Å². The van der Waals surface area contributed by atoms with E-state index in [2.05, 4.69) is 12.2 Å². The highest BCUT2D eigenvalue weighted by Gasteiger charge is 2.41. The smallest absolute Gasteiger partial charge is 0.222 e. The second-order valence-electron chi connectivity index (χ2n) is 7.31. The van der Waals surface area contributed by atoms with E-state index < -0.39 is 0 Å². The Bertz CT molecular complexity index is 353. The SMILES string of the molecule is CCC(=O)N1CCC(OCC[C@@H]2C[C@@H]2C(CC)CCNC)CC1. The van der Waals surface area contributed by atoms with Crippen molar-refractivity contribution < 1.29 is 9.53 Å². The molecule has 23 heavy (non-hydrogen) atoms. The summed E-state index contributed by atoms with van der Waals surface area (Å²) in [6.45, 7) is 8.09. The minimum atomic E-state index is 0.288. The Morgan fingerprint density at radius 1 is 1.30 bits per heavy atom. The van der Waals surface area contributed by atoms with Crippen LogP contribution in [0.15, 0.2) is 0 Å². The highest BCUT2D eigenvalue weighted by molar-refractivity contribution is 5.75. The molecule has 2 rings (SSSR count). The molecule has 1 saturated carbocycles. The Morgan fingerprint density at radius 3 is 2.65 bits per heavy atom. The fourth-order valence-electron chi connectivity index (χ4n) is 4.11. The van der Waals surface area contributed by atoms with Gasteiger partial charge in [0.25, 0.3) is 0 Å². The molecule has 0 spiro atoms. The topological polar surface area (TPSA) is 41.6 Å². The average Bonchev–Trinajstić information content (AvgIpc) is 3.35. The maximum atomic E-state index is 11.7. The monoisotopic (exact) mass is 324 g/mol. The molecule has 2 aliphatic rings. The molecule has 1 saturated heterocycles. The molecule has 0 bridgehead atoms. The van der Waals surface area contributed by atoms with E-state index in [4.69, 9.17) is 4.74 Å². The summed E-state index contributed by atoms with van der Waals surface area (Å²) in [5, 5.41) is 3.28. The van der Waals surface area contributed by atoms with Gasteiger partial charge in [0.15, 0.2) is 0 Å². The van der Waals surface area contributed by atoms with Gasteiger partial charge in [-0.3, -0.25) is 4.79 Å². The number of rotatable bonds is 10. The van der Waals surface area contributed by atoms with Gasteiger partial charge in [-0.2, -0.15) is 0 Å². The van der Waals surface area contributed by atoms with Crippen molar-refractivity contribution in [3.8, 4) is 0 Å². The van der Waals surface area contributed by atoms with E-state index in [0.717, 1.165) is 56.8 Å². The van der Waals surface area contributed by atoms with Crippen molar-refractivity contribution in [2.75, 3.05) is 33.3 Å². The van der Waals surface area contributed by atoms with Gasteiger partial charge in [-0.25, -0.2) is 0 Å². The van der Waals surface area contributed by atoms with Gasteiger partial charge in [-0.1, -0.05) is 20.3 Å². The van der Waals surface area contributed by atoms with Crippen LogP contribution < -0.4 is 5.32 Å². The molecule has 1 heterocycles. The van der Waals surface area contributed by atoms with Gasteiger partial charge in [0.05, 0.1) is 6.10 Å². The average molecular weight is 325 g/mol. The Morgan fingerprint density at radius 2 is 2.04 bits per heavy atom. The quantitative estimate of drug-likeness (QED) is 0.671. The third-order valence-corrected chi connectivity index (χ3v) is 5.81. The van der Waals surface area contributed by atoms with E-state index in [9.17, 15) is 4.79 Å². The van der Waals surface area contributed by atoms with E-state index >= 15 is 0 Å². The van der Waals surface area contributed by atoms with Gasteiger partial charge in [0, 0.05) is 26.1 Å². The van der Waals surface area contributed by atoms with Crippen LogP contribution in [0.1, 0.15) is 58.8 Å². The van der Waals surface area contributed by atoms with Crippen molar-refractivity contribution in [3.63, 3.8) is 0 Å².